The highest BCUT2D eigenvalue weighted by Crippen LogP contribution is 2.04. The van der Waals surface area contributed by atoms with Gasteiger partial charge in [-0.25, -0.2) is 4.79 Å². The van der Waals surface area contributed by atoms with Gasteiger partial charge in [-0.3, -0.25) is 14.4 Å². The number of carbonyl (C=O) groups is 4. The van der Waals surface area contributed by atoms with Crippen molar-refractivity contribution in [2.75, 3.05) is 12.0 Å². The van der Waals surface area contributed by atoms with E-state index in [2.05, 4.69) is 10.6 Å². The minimum absolute atomic E-state index is 0.0332. The minimum Gasteiger partial charge on any atom is -0.480 e. The van der Waals surface area contributed by atoms with Crippen molar-refractivity contribution in [3.63, 3.8) is 0 Å². The van der Waals surface area contributed by atoms with Gasteiger partial charge in [0, 0.05) is 6.42 Å². The Kier molecular flexibility index (Phi) is 9.99. The minimum atomic E-state index is -1.17. The Bertz CT molecular complexity index is 444. The van der Waals surface area contributed by atoms with Crippen LogP contribution < -0.4 is 22.1 Å². The molecule has 0 aromatic heterocycles. The Morgan fingerprint density at radius 2 is 1.65 bits per heavy atom. The second kappa shape index (κ2) is 10.8. The van der Waals surface area contributed by atoms with Gasteiger partial charge in [-0.15, -0.1) is 0 Å². The first-order valence-electron chi connectivity index (χ1n) is 7.05. The largest absolute Gasteiger partial charge is 0.480 e. The van der Waals surface area contributed by atoms with Crippen LogP contribution in [0, 0.1) is 0 Å². The summed E-state index contributed by atoms with van der Waals surface area (Å²) in [7, 11) is 0. The van der Waals surface area contributed by atoms with Crippen LogP contribution in [0.25, 0.3) is 0 Å². The first-order valence-corrected chi connectivity index (χ1v) is 8.44. The van der Waals surface area contributed by atoms with Crippen LogP contribution >= 0.6 is 11.8 Å². The van der Waals surface area contributed by atoms with Crippen LogP contribution in [-0.2, 0) is 19.2 Å². The van der Waals surface area contributed by atoms with Crippen molar-refractivity contribution in [1.29, 1.82) is 0 Å². The van der Waals surface area contributed by atoms with Gasteiger partial charge < -0.3 is 27.2 Å². The van der Waals surface area contributed by atoms with Gasteiger partial charge in [0.1, 0.15) is 12.1 Å². The van der Waals surface area contributed by atoms with E-state index in [9.17, 15) is 19.2 Å². The standard InChI is InChI=1S/C13H24N4O5S/c1-7(14)11(19)16-8(3-4-10(15)18)12(20)17-9(13(21)22)5-6-23-2/h7-9H,3-6,14H2,1-2H3,(H2,15,18)(H,16,19)(H,17,20)(H,21,22)/t7-,8-,9-/m0/s1. The number of carboxylic acids is 1. The molecule has 0 saturated heterocycles. The van der Waals surface area contributed by atoms with Gasteiger partial charge in [0.15, 0.2) is 0 Å². The number of thioether (sulfide) groups is 1. The summed E-state index contributed by atoms with van der Waals surface area (Å²) in [6, 6.07) is -2.99. The zero-order valence-corrected chi connectivity index (χ0v) is 14.0. The summed E-state index contributed by atoms with van der Waals surface area (Å²) in [5.74, 6) is -2.51. The SMILES string of the molecule is CSCC[C@H](NC(=O)[C@H](CCC(N)=O)NC(=O)[C@H](C)N)C(=O)O. The van der Waals surface area contributed by atoms with E-state index in [1.54, 1.807) is 0 Å². The molecule has 7 N–H and O–H groups in total. The van der Waals surface area contributed by atoms with Gasteiger partial charge in [0.05, 0.1) is 6.04 Å². The number of rotatable bonds is 11. The maximum Gasteiger partial charge on any atom is 0.326 e. The molecule has 132 valence electrons. The van der Waals surface area contributed by atoms with E-state index in [0.29, 0.717) is 5.75 Å². The maximum absolute atomic E-state index is 12.2. The number of nitrogens with two attached hydrogens (primary N) is 2. The number of hydrogen-bond donors (Lipinski definition) is 5. The van der Waals surface area contributed by atoms with Gasteiger partial charge in [-0.1, -0.05) is 0 Å². The fourth-order valence-electron chi connectivity index (χ4n) is 1.62. The van der Waals surface area contributed by atoms with E-state index >= 15 is 0 Å². The quantitative estimate of drug-likeness (QED) is 0.300. The third-order valence-corrected chi connectivity index (χ3v) is 3.60. The first kappa shape index (κ1) is 21.2. The Morgan fingerprint density at radius 1 is 1.09 bits per heavy atom. The van der Waals surface area contributed by atoms with Crippen LogP contribution in [-0.4, -0.2) is 58.9 Å². The van der Waals surface area contributed by atoms with Crippen molar-refractivity contribution in [3.8, 4) is 0 Å². The molecule has 0 spiro atoms. The van der Waals surface area contributed by atoms with Gasteiger partial charge in [0.25, 0.3) is 0 Å². The van der Waals surface area contributed by atoms with Crippen molar-refractivity contribution in [2.24, 2.45) is 11.5 Å². The number of hydrogen-bond acceptors (Lipinski definition) is 6. The molecule has 3 amide bonds. The third-order valence-electron chi connectivity index (χ3n) is 2.95. The second-order valence-corrected chi connectivity index (χ2v) is 6.02. The summed E-state index contributed by atoms with van der Waals surface area (Å²) in [6.07, 6.45) is 1.90. The normalized spacial score (nSPS) is 14.4. The van der Waals surface area contributed by atoms with Crippen molar-refractivity contribution >= 4 is 35.5 Å². The molecule has 0 aliphatic heterocycles. The molecule has 9 nitrogen and oxygen atoms in total. The van der Waals surface area contributed by atoms with Gasteiger partial charge in [-0.05, 0) is 31.8 Å². The molecule has 0 radical (unpaired) electrons. The predicted molar refractivity (Wildman–Crippen MR) is 86.6 cm³/mol. The summed E-state index contributed by atoms with van der Waals surface area (Å²) >= 11 is 1.45. The number of amides is 3. The van der Waals surface area contributed by atoms with Crippen molar-refractivity contribution in [3.05, 3.63) is 0 Å². The molecule has 3 atom stereocenters. The smallest absolute Gasteiger partial charge is 0.326 e. The van der Waals surface area contributed by atoms with E-state index in [1.807, 2.05) is 6.26 Å². The topological polar surface area (TPSA) is 165 Å². The van der Waals surface area contributed by atoms with Gasteiger partial charge >= 0.3 is 5.97 Å². The first-order chi connectivity index (χ1) is 10.7. The van der Waals surface area contributed by atoms with Crippen LogP contribution in [0.5, 0.6) is 0 Å². The molecule has 0 aromatic rings. The molecule has 0 saturated carbocycles. The van der Waals surface area contributed by atoms with E-state index in [4.69, 9.17) is 16.6 Å². The molecular weight excluding hydrogens is 324 g/mol. The third kappa shape index (κ3) is 9.04. The Morgan fingerprint density at radius 3 is 2.09 bits per heavy atom. The molecule has 0 unspecified atom stereocenters. The summed E-state index contributed by atoms with van der Waals surface area (Å²) in [5.41, 5.74) is 10.5. The monoisotopic (exact) mass is 348 g/mol. The predicted octanol–water partition coefficient (Wildman–Crippen LogP) is -1.59. The molecule has 10 heteroatoms. The molecule has 0 aromatic carbocycles. The summed E-state index contributed by atoms with van der Waals surface area (Å²) < 4.78 is 0. The molecule has 0 aliphatic rings. The average Bonchev–Trinajstić information content (AvgIpc) is 2.46. The van der Waals surface area contributed by atoms with Crippen LogP contribution in [0.1, 0.15) is 26.2 Å². The maximum atomic E-state index is 12.2. The highest BCUT2D eigenvalue weighted by Gasteiger charge is 2.27. The fraction of sp³-hybridized carbons (Fsp3) is 0.692. The van der Waals surface area contributed by atoms with Crippen LogP contribution in [0.3, 0.4) is 0 Å². The van der Waals surface area contributed by atoms with Crippen LogP contribution in [0.15, 0.2) is 0 Å². The van der Waals surface area contributed by atoms with E-state index in [-0.39, 0.29) is 19.3 Å². The number of nitrogens with one attached hydrogen (secondary N) is 2. The van der Waals surface area contributed by atoms with Crippen LogP contribution in [0.4, 0.5) is 0 Å². The molecular formula is C13H24N4O5S. The lowest BCUT2D eigenvalue weighted by Crippen LogP contribution is -2.54. The highest BCUT2D eigenvalue weighted by atomic mass is 32.2. The molecule has 23 heavy (non-hydrogen) atoms. The van der Waals surface area contributed by atoms with Crippen molar-refractivity contribution < 1.29 is 24.3 Å². The lowest BCUT2D eigenvalue weighted by atomic mass is 10.1. The summed E-state index contributed by atoms with van der Waals surface area (Å²) in [5, 5.41) is 13.9. The molecule has 0 rings (SSSR count). The van der Waals surface area contributed by atoms with Gasteiger partial charge in [0.2, 0.25) is 17.7 Å². The van der Waals surface area contributed by atoms with E-state index in [1.165, 1.54) is 18.7 Å². The number of primary amides is 1. The molecule has 0 fully saturated rings. The highest BCUT2D eigenvalue weighted by molar-refractivity contribution is 7.98. The summed E-state index contributed by atoms with van der Waals surface area (Å²) in [4.78, 5) is 45.9. The number of aliphatic carboxylic acids is 1. The van der Waals surface area contributed by atoms with Crippen LogP contribution in [0.2, 0.25) is 0 Å². The van der Waals surface area contributed by atoms with Gasteiger partial charge in [-0.2, -0.15) is 11.8 Å². The average molecular weight is 348 g/mol. The van der Waals surface area contributed by atoms with Crippen molar-refractivity contribution in [2.45, 2.75) is 44.3 Å². The zero-order chi connectivity index (χ0) is 18.0. The molecule has 0 bridgehead atoms. The van der Waals surface area contributed by atoms with E-state index < -0.39 is 41.8 Å². The summed E-state index contributed by atoms with van der Waals surface area (Å²) in [6.45, 7) is 1.44. The Hall–Kier alpha value is -1.81. The Labute approximate surface area is 138 Å². The zero-order valence-electron chi connectivity index (χ0n) is 13.2. The molecule has 0 heterocycles. The lowest BCUT2D eigenvalue weighted by Gasteiger charge is -2.21. The van der Waals surface area contributed by atoms with E-state index in [0.717, 1.165) is 0 Å². The number of carboxylic acid groups (broad SMARTS) is 1. The second-order valence-electron chi connectivity index (χ2n) is 5.04. The number of carbonyl (C=O) groups excluding carboxylic acids is 3. The van der Waals surface area contributed by atoms with Crippen molar-refractivity contribution in [1.82, 2.24) is 10.6 Å². The molecule has 0 aliphatic carbocycles. The lowest BCUT2D eigenvalue weighted by molar-refractivity contribution is -0.142. The fourth-order valence-corrected chi connectivity index (χ4v) is 2.10. The Balaban J connectivity index is 4.89.